The van der Waals surface area contributed by atoms with Crippen molar-refractivity contribution >= 4 is 35.1 Å². The first kappa shape index (κ1) is 27.6. The van der Waals surface area contributed by atoms with Gasteiger partial charge in [0.05, 0.1) is 5.41 Å². The molecule has 6 rings (SSSR count). The summed E-state index contributed by atoms with van der Waals surface area (Å²) in [7, 11) is 0. The second kappa shape index (κ2) is 11.0. The van der Waals surface area contributed by atoms with Crippen LogP contribution in [0.4, 0.5) is 11.5 Å². The van der Waals surface area contributed by atoms with Gasteiger partial charge in [0.15, 0.2) is 0 Å². The van der Waals surface area contributed by atoms with Gasteiger partial charge in [0.1, 0.15) is 12.4 Å². The second-order valence-electron chi connectivity index (χ2n) is 11.7. The summed E-state index contributed by atoms with van der Waals surface area (Å²) in [4.78, 5) is 59.6. The van der Waals surface area contributed by atoms with Crippen LogP contribution in [0.3, 0.4) is 0 Å². The van der Waals surface area contributed by atoms with Gasteiger partial charge < -0.3 is 20.4 Å². The molecule has 1 unspecified atom stereocenters. The zero-order chi connectivity index (χ0) is 29.4. The van der Waals surface area contributed by atoms with Crippen molar-refractivity contribution < 1.29 is 19.2 Å². The molecule has 4 amide bonds. The highest BCUT2D eigenvalue weighted by Gasteiger charge is 2.51. The van der Waals surface area contributed by atoms with Crippen LogP contribution >= 0.6 is 0 Å². The molecule has 216 valence electrons. The van der Waals surface area contributed by atoms with Crippen molar-refractivity contribution in [2.45, 2.75) is 51.5 Å². The number of anilines is 2. The van der Waals surface area contributed by atoms with Gasteiger partial charge in [-0.1, -0.05) is 36.4 Å². The molecule has 0 radical (unpaired) electrons. The summed E-state index contributed by atoms with van der Waals surface area (Å²) >= 11 is 0. The van der Waals surface area contributed by atoms with Gasteiger partial charge in [0.25, 0.3) is 0 Å². The van der Waals surface area contributed by atoms with Crippen molar-refractivity contribution in [3.05, 3.63) is 88.6 Å². The molecule has 3 aliphatic rings. The number of likely N-dealkylation sites (tertiary alicyclic amines) is 1. The minimum Gasteiger partial charge on any atom is -0.343 e. The molecule has 3 aromatic rings. The van der Waals surface area contributed by atoms with Crippen LogP contribution in [0.15, 0.2) is 60.8 Å². The largest absolute Gasteiger partial charge is 0.343 e. The number of aromatic nitrogens is 1. The lowest BCUT2D eigenvalue weighted by Crippen LogP contribution is -2.45. The predicted molar refractivity (Wildman–Crippen MR) is 159 cm³/mol. The van der Waals surface area contributed by atoms with Gasteiger partial charge in [-0.2, -0.15) is 0 Å². The van der Waals surface area contributed by atoms with Crippen LogP contribution < -0.4 is 10.6 Å². The van der Waals surface area contributed by atoms with Crippen LogP contribution in [0.1, 0.15) is 47.6 Å². The Morgan fingerprint density at radius 1 is 1.05 bits per heavy atom. The number of piperidine rings is 1. The van der Waals surface area contributed by atoms with Gasteiger partial charge in [-0.05, 0) is 73.1 Å². The molecule has 1 saturated heterocycles. The first-order chi connectivity index (χ1) is 20.2. The molecule has 0 bridgehead atoms. The van der Waals surface area contributed by atoms with Crippen molar-refractivity contribution in [3.63, 3.8) is 0 Å². The quantitative estimate of drug-likeness (QED) is 0.475. The fourth-order valence-corrected chi connectivity index (χ4v) is 6.62. The molecule has 2 N–H and O–H groups in total. The number of amides is 4. The monoisotopic (exact) mass is 565 g/mol. The normalized spacial score (nSPS) is 19.3. The van der Waals surface area contributed by atoms with Crippen molar-refractivity contribution in [2.75, 3.05) is 30.3 Å². The topological polar surface area (TPSA) is 112 Å². The van der Waals surface area contributed by atoms with Gasteiger partial charge in [0, 0.05) is 49.9 Å². The molecular formula is C33H35N5O4. The van der Waals surface area contributed by atoms with Crippen LogP contribution in [0.5, 0.6) is 0 Å². The SMILES string of the molecule is CC(=O)N1CCC(C(=O)N(CC(=O)Nc2ccc3c(c2)CC2(C3)C(=O)Nc3ncccc32)Cc2ccccc2C)CC1. The van der Waals surface area contributed by atoms with Crippen LogP contribution in [0.25, 0.3) is 0 Å². The number of hydrogen-bond donors (Lipinski definition) is 2. The lowest BCUT2D eigenvalue weighted by Gasteiger charge is -2.34. The molecule has 0 saturated carbocycles. The maximum Gasteiger partial charge on any atom is 0.244 e. The summed E-state index contributed by atoms with van der Waals surface area (Å²) in [6.45, 7) is 4.90. The molecule has 9 heteroatoms. The average Bonchev–Trinajstić information content (AvgIpc) is 3.50. The Hall–Kier alpha value is -4.53. The molecule has 42 heavy (non-hydrogen) atoms. The zero-order valence-corrected chi connectivity index (χ0v) is 24.0. The summed E-state index contributed by atoms with van der Waals surface area (Å²) in [5.74, 6) is 0.0212. The third kappa shape index (κ3) is 5.15. The van der Waals surface area contributed by atoms with E-state index < -0.39 is 5.41 Å². The van der Waals surface area contributed by atoms with Crippen LogP contribution in [-0.2, 0) is 44.0 Å². The molecule has 1 spiro atoms. The molecule has 9 nitrogen and oxygen atoms in total. The summed E-state index contributed by atoms with van der Waals surface area (Å²) in [6, 6.07) is 17.5. The fourth-order valence-electron chi connectivity index (χ4n) is 6.62. The number of hydrogen-bond acceptors (Lipinski definition) is 5. The van der Waals surface area contributed by atoms with Gasteiger partial charge in [0.2, 0.25) is 23.6 Å². The molecule has 1 fully saturated rings. The zero-order valence-electron chi connectivity index (χ0n) is 24.0. The maximum atomic E-state index is 13.7. The highest BCUT2D eigenvalue weighted by molar-refractivity contribution is 6.06. The Labute approximate surface area is 245 Å². The Balaban J connectivity index is 1.17. The van der Waals surface area contributed by atoms with E-state index in [0.29, 0.717) is 56.8 Å². The van der Waals surface area contributed by atoms with E-state index in [1.54, 1.807) is 22.9 Å². The number of carbonyl (C=O) groups is 4. The van der Waals surface area contributed by atoms with Crippen LogP contribution in [0, 0.1) is 12.8 Å². The summed E-state index contributed by atoms with van der Waals surface area (Å²) in [5, 5.41) is 5.92. The number of nitrogens with one attached hydrogen (secondary N) is 2. The summed E-state index contributed by atoms with van der Waals surface area (Å²) in [6.07, 6.45) is 3.97. The number of fused-ring (bicyclic) bond motifs is 3. The predicted octanol–water partition coefficient (Wildman–Crippen LogP) is 3.60. The number of rotatable bonds is 6. The lowest BCUT2D eigenvalue weighted by molar-refractivity contribution is -0.142. The van der Waals surface area contributed by atoms with E-state index in [9.17, 15) is 19.2 Å². The van der Waals surface area contributed by atoms with Crippen LogP contribution in [-0.4, -0.2) is 58.0 Å². The van der Waals surface area contributed by atoms with Gasteiger partial charge in [-0.3, -0.25) is 19.2 Å². The average molecular weight is 566 g/mol. The minimum absolute atomic E-state index is 0.0201. The van der Waals surface area contributed by atoms with Gasteiger partial charge in [-0.25, -0.2) is 4.98 Å². The van der Waals surface area contributed by atoms with E-state index >= 15 is 0 Å². The molecule has 3 heterocycles. The van der Waals surface area contributed by atoms with E-state index in [1.165, 1.54) is 0 Å². The Morgan fingerprint density at radius 3 is 2.57 bits per heavy atom. The smallest absolute Gasteiger partial charge is 0.244 e. The maximum absolute atomic E-state index is 13.7. The number of pyridine rings is 1. The Kier molecular flexibility index (Phi) is 7.26. The highest BCUT2D eigenvalue weighted by Crippen LogP contribution is 2.46. The molecule has 1 aliphatic carbocycles. The molecular weight excluding hydrogens is 530 g/mol. The van der Waals surface area contributed by atoms with Crippen molar-refractivity contribution in [3.8, 4) is 0 Å². The third-order valence-corrected chi connectivity index (χ3v) is 9.02. The first-order valence-electron chi connectivity index (χ1n) is 14.5. The number of carbonyl (C=O) groups excluding carboxylic acids is 4. The van der Waals surface area contributed by atoms with Gasteiger partial charge in [-0.15, -0.1) is 0 Å². The molecule has 1 atom stereocenters. The first-order valence-corrected chi connectivity index (χ1v) is 14.5. The minimum atomic E-state index is -0.677. The molecule has 2 aliphatic heterocycles. The third-order valence-electron chi connectivity index (χ3n) is 9.02. The van der Waals surface area contributed by atoms with Crippen molar-refractivity contribution in [1.82, 2.24) is 14.8 Å². The fraction of sp³-hybridized carbons (Fsp3) is 0.364. The Bertz CT molecular complexity index is 1580. The Morgan fingerprint density at radius 2 is 1.81 bits per heavy atom. The van der Waals surface area contributed by atoms with E-state index in [4.69, 9.17) is 0 Å². The summed E-state index contributed by atoms with van der Waals surface area (Å²) < 4.78 is 0. The highest BCUT2D eigenvalue weighted by atomic mass is 16.2. The number of nitrogens with zero attached hydrogens (tertiary/aromatic N) is 3. The van der Waals surface area contributed by atoms with E-state index in [1.807, 2.05) is 61.5 Å². The molecule has 2 aromatic carbocycles. The molecule has 1 aromatic heterocycles. The van der Waals surface area contributed by atoms with E-state index in [-0.39, 0.29) is 36.1 Å². The standard InChI is InChI=1S/C33H35N5O4/c1-21-6-3-4-7-25(21)19-38(31(41)23-11-14-37(15-12-23)22(2)39)20-29(40)35-27-10-9-24-17-33(18-26(24)16-27)28-8-5-13-34-30(28)36-32(33)42/h3-10,13,16,23H,11-12,14-15,17-20H2,1-2H3,(H,35,40)(H,34,36,42). The van der Waals surface area contributed by atoms with E-state index in [0.717, 1.165) is 27.8 Å². The number of aryl methyl sites for hydroxylation is 1. The van der Waals surface area contributed by atoms with Crippen molar-refractivity contribution in [2.24, 2.45) is 5.92 Å². The van der Waals surface area contributed by atoms with Crippen molar-refractivity contribution in [1.29, 1.82) is 0 Å². The van der Waals surface area contributed by atoms with Gasteiger partial charge >= 0.3 is 0 Å². The second-order valence-corrected chi connectivity index (χ2v) is 11.7. The summed E-state index contributed by atoms with van der Waals surface area (Å²) in [5.41, 5.74) is 5.02. The lowest BCUT2D eigenvalue weighted by atomic mass is 9.79. The van der Waals surface area contributed by atoms with Crippen LogP contribution in [0.2, 0.25) is 0 Å². The van der Waals surface area contributed by atoms with E-state index in [2.05, 4.69) is 15.6 Å². The number of benzene rings is 2.